The van der Waals surface area contributed by atoms with Crippen molar-refractivity contribution in [2.24, 2.45) is 0 Å². The van der Waals surface area contributed by atoms with Crippen LogP contribution in [0.1, 0.15) is 54.0 Å². The van der Waals surface area contributed by atoms with Crippen molar-refractivity contribution < 1.29 is 18.0 Å². The molecule has 3 heterocycles. The van der Waals surface area contributed by atoms with Crippen molar-refractivity contribution in [3.63, 3.8) is 0 Å². The Morgan fingerprint density at radius 3 is 2.92 bits per heavy atom. The van der Waals surface area contributed by atoms with Gasteiger partial charge in [0.2, 0.25) is 0 Å². The third-order valence-electron chi connectivity index (χ3n) is 4.36. The van der Waals surface area contributed by atoms with Gasteiger partial charge in [-0.3, -0.25) is 4.79 Å². The maximum Gasteiger partial charge on any atom is 0.410 e. The van der Waals surface area contributed by atoms with Crippen LogP contribution in [0.4, 0.5) is 19.0 Å². The number of thiophene rings is 1. The van der Waals surface area contributed by atoms with E-state index in [1.165, 1.54) is 17.5 Å². The highest BCUT2D eigenvalue weighted by Gasteiger charge is 2.47. The Bertz CT molecular complexity index is 741. The Hall–Kier alpha value is -2.03. The molecule has 0 radical (unpaired) electrons. The lowest BCUT2D eigenvalue weighted by Crippen LogP contribution is -2.37. The van der Waals surface area contributed by atoms with E-state index in [4.69, 9.17) is 0 Å². The molecule has 2 aromatic heterocycles. The topological polar surface area (TPSA) is 59.0 Å². The minimum absolute atomic E-state index is 0.0712. The minimum atomic E-state index is -4.44. The van der Waals surface area contributed by atoms with E-state index < -0.39 is 24.2 Å². The molecule has 1 aliphatic heterocycles. The van der Waals surface area contributed by atoms with E-state index in [0.29, 0.717) is 0 Å². The molecule has 1 aliphatic rings. The van der Waals surface area contributed by atoms with Gasteiger partial charge in [0, 0.05) is 17.3 Å². The number of alkyl halides is 3. The molecule has 136 valence electrons. The first-order valence-electron chi connectivity index (χ1n) is 8.06. The molecule has 0 aliphatic carbocycles. The predicted molar refractivity (Wildman–Crippen MR) is 89.8 cm³/mol. The minimum Gasteiger partial charge on any atom is -0.362 e. The first kappa shape index (κ1) is 17.8. The van der Waals surface area contributed by atoms with Crippen molar-refractivity contribution in [1.82, 2.24) is 15.1 Å². The summed E-state index contributed by atoms with van der Waals surface area (Å²) in [6.45, 7) is 3.76. The van der Waals surface area contributed by atoms with E-state index in [1.807, 2.05) is 19.2 Å². The Morgan fingerprint density at radius 1 is 1.56 bits per heavy atom. The summed E-state index contributed by atoms with van der Waals surface area (Å²) < 4.78 is 41.5. The molecular weight excluding hydrogens is 353 g/mol. The summed E-state index contributed by atoms with van der Waals surface area (Å²) in [6.07, 6.45) is -2.67. The number of nitrogens with one attached hydrogen (secondary N) is 2. The van der Waals surface area contributed by atoms with Gasteiger partial charge in [-0.2, -0.15) is 18.3 Å². The van der Waals surface area contributed by atoms with Gasteiger partial charge in [-0.15, -0.1) is 11.3 Å². The van der Waals surface area contributed by atoms with Crippen molar-refractivity contribution >= 4 is 23.1 Å². The van der Waals surface area contributed by atoms with Gasteiger partial charge >= 0.3 is 6.18 Å². The third kappa shape index (κ3) is 3.51. The number of carbonyl (C=O) groups is 1. The number of aromatic nitrogens is 2. The largest absolute Gasteiger partial charge is 0.410 e. The van der Waals surface area contributed by atoms with Gasteiger partial charge in [0.05, 0.1) is 12.2 Å². The van der Waals surface area contributed by atoms with E-state index in [1.54, 1.807) is 12.1 Å². The van der Waals surface area contributed by atoms with Gasteiger partial charge in [0.25, 0.3) is 5.91 Å². The fourth-order valence-electron chi connectivity index (χ4n) is 2.81. The Labute approximate surface area is 147 Å². The number of carbonyl (C=O) groups excluding carboxylic acids is 1. The molecule has 0 saturated carbocycles. The summed E-state index contributed by atoms with van der Waals surface area (Å²) in [4.78, 5) is 13.2. The predicted octanol–water partition coefficient (Wildman–Crippen LogP) is 4.13. The van der Waals surface area contributed by atoms with Crippen LogP contribution in [0, 0.1) is 0 Å². The van der Waals surface area contributed by atoms with Crippen LogP contribution in [0.5, 0.6) is 0 Å². The monoisotopic (exact) mass is 372 g/mol. The van der Waals surface area contributed by atoms with Crippen molar-refractivity contribution in [1.29, 1.82) is 0 Å². The average Bonchev–Trinajstić information content (AvgIpc) is 3.22. The molecule has 0 aromatic carbocycles. The number of hydrogen-bond acceptors (Lipinski definition) is 4. The summed E-state index contributed by atoms with van der Waals surface area (Å²) in [5.41, 5.74) is 0.135. The lowest BCUT2D eigenvalue weighted by molar-refractivity contribution is -0.173. The fourth-order valence-corrected chi connectivity index (χ4v) is 3.60. The molecule has 3 rings (SSSR count). The normalized spacial score (nSPS) is 21.3. The Balaban J connectivity index is 1.97. The number of amides is 1. The summed E-state index contributed by atoms with van der Waals surface area (Å²) in [5.74, 6) is -0.302. The van der Waals surface area contributed by atoms with Crippen LogP contribution < -0.4 is 10.6 Å². The molecule has 0 unspecified atom stereocenters. The summed E-state index contributed by atoms with van der Waals surface area (Å²) in [5, 5.41) is 11.5. The molecule has 0 saturated heterocycles. The molecule has 3 atom stereocenters. The zero-order chi connectivity index (χ0) is 18.2. The number of fused-ring (bicyclic) bond motifs is 1. The molecule has 25 heavy (non-hydrogen) atoms. The van der Waals surface area contributed by atoms with Gasteiger partial charge in [-0.25, -0.2) is 4.68 Å². The van der Waals surface area contributed by atoms with Gasteiger partial charge < -0.3 is 10.6 Å². The maximum atomic E-state index is 13.5. The van der Waals surface area contributed by atoms with E-state index in [2.05, 4.69) is 15.7 Å². The molecule has 5 nitrogen and oxygen atoms in total. The molecule has 2 N–H and O–H groups in total. The van der Waals surface area contributed by atoms with Crippen LogP contribution in [0.2, 0.25) is 0 Å². The highest BCUT2D eigenvalue weighted by atomic mass is 32.1. The molecule has 1 amide bonds. The van der Waals surface area contributed by atoms with E-state index in [-0.39, 0.29) is 23.8 Å². The average molecular weight is 372 g/mol. The number of hydrogen-bond donors (Lipinski definition) is 2. The lowest BCUT2D eigenvalue weighted by Gasteiger charge is -2.33. The van der Waals surface area contributed by atoms with Crippen molar-refractivity contribution in [2.75, 3.05) is 5.32 Å². The van der Waals surface area contributed by atoms with Crippen LogP contribution in [-0.4, -0.2) is 27.9 Å². The second-order valence-corrected chi connectivity index (χ2v) is 7.12. The Morgan fingerprint density at radius 2 is 2.32 bits per heavy atom. The standard InChI is InChI=1S/C16H19F3N4OS/c1-3-9(2)21-15(24)10-8-20-23-13(16(17,18)19)7-11(22-14(10)23)12-5-4-6-25-12/h4-6,8-9,11,13,22H,3,7H2,1-2H3,(H,21,24)/t9-,11-,13-/m1/s1. The first-order valence-corrected chi connectivity index (χ1v) is 8.94. The summed E-state index contributed by atoms with van der Waals surface area (Å²) in [6, 6.07) is 1.25. The van der Waals surface area contributed by atoms with Gasteiger partial charge in [-0.05, 0) is 24.8 Å². The first-order chi connectivity index (χ1) is 11.8. The molecule has 2 aromatic rings. The van der Waals surface area contributed by atoms with Crippen molar-refractivity contribution in [3.05, 3.63) is 34.2 Å². The van der Waals surface area contributed by atoms with Gasteiger partial charge in [0.1, 0.15) is 11.4 Å². The van der Waals surface area contributed by atoms with Crippen LogP contribution in [0.3, 0.4) is 0 Å². The van der Waals surface area contributed by atoms with Crippen LogP contribution in [0.25, 0.3) is 0 Å². The smallest absolute Gasteiger partial charge is 0.362 e. The maximum absolute atomic E-state index is 13.5. The number of anilines is 1. The number of nitrogens with zero attached hydrogens (tertiary/aromatic N) is 2. The zero-order valence-electron chi connectivity index (χ0n) is 13.8. The van der Waals surface area contributed by atoms with E-state index in [9.17, 15) is 18.0 Å². The van der Waals surface area contributed by atoms with Crippen molar-refractivity contribution in [3.8, 4) is 0 Å². The SMILES string of the molecule is CC[C@@H](C)NC(=O)c1cnn2c1N[C@@H](c1cccs1)C[C@@H]2C(F)(F)F. The van der Waals surface area contributed by atoms with Gasteiger partial charge in [0.15, 0.2) is 6.04 Å². The highest BCUT2D eigenvalue weighted by Crippen LogP contribution is 2.44. The van der Waals surface area contributed by atoms with E-state index >= 15 is 0 Å². The van der Waals surface area contributed by atoms with Gasteiger partial charge in [-0.1, -0.05) is 13.0 Å². The van der Waals surface area contributed by atoms with Crippen molar-refractivity contribution in [2.45, 2.75) is 51.0 Å². The quantitative estimate of drug-likeness (QED) is 0.848. The summed E-state index contributed by atoms with van der Waals surface area (Å²) >= 11 is 1.39. The lowest BCUT2D eigenvalue weighted by atomic mass is 10.0. The van der Waals surface area contributed by atoms with Crippen LogP contribution >= 0.6 is 11.3 Å². The highest BCUT2D eigenvalue weighted by molar-refractivity contribution is 7.10. The van der Waals surface area contributed by atoms with Crippen LogP contribution in [0.15, 0.2) is 23.7 Å². The van der Waals surface area contributed by atoms with E-state index in [0.717, 1.165) is 16.0 Å². The summed E-state index contributed by atoms with van der Waals surface area (Å²) in [7, 11) is 0. The second kappa shape index (κ2) is 6.70. The zero-order valence-corrected chi connectivity index (χ0v) is 14.6. The third-order valence-corrected chi connectivity index (χ3v) is 5.35. The van der Waals surface area contributed by atoms with Crippen LogP contribution in [-0.2, 0) is 0 Å². The number of rotatable bonds is 4. The fraction of sp³-hybridized carbons (Fsp3) is 0.500. The molecule has 0 spiro atoms. The number of halogens is 3. The second-order valence-electron chi connectivity index (χ2n) is 6.14. The molecular formula is C16H19F3N4OS. The molecule has 0 bridgehead atoms. The Kier molecular flexibility index (Phi) is 4.77. The molecule has 9 heteroatoms. The molecule has 0 fully saturated rings.